The third kappa shape index (κ3) is 4.68. The number of fused-ring (bicyclic) bond motifs is 3. The first kappa shape index (κ1) is 20.8. The van der Waals surface area contributed by atoms with Gasteiger partial charge in [-0.3, -0.25) is 0 Å². The molecule has 1 nitrogen and oxygen atoms in total. The van der Waals surface area contributed by atoms with Crippen molar-refractivity contribution in [3.05, 3.63) is 29.8 Å². The topological polar surface area (TPSA) is 9.23 Å². The van der Waals surface area contributed by atoms with Crippen molar-refractivity contribution in [1.82, 2.24) is 0 Å². The van der Waals surface area contributed by atoms with Crippen molar-refractivity contribution in [2.24, 2.45) is 22.7 Å². The maximum atomic E-state index is 5.55. The van der Waals surface area contributed by atoms with Gasteiger partial charge in [-0.2, -0.15) is 0 Å². The fourth-order valence-electron chi connectivity index (χ4n) is 6.58. The predicted octanol–water partition coefficient (Wildman–Crippen LogP) is 7.77. The average molecular weight is 393 g/mol. The summed E-state index contributed by atoms with van der Waals surface area (Å²) in [5, 5.41) is 0. The molecule has 0 aromatic heterocycles. The summed E-state index contributed by atoms with van der Waals surface area (Å²) in [4.78, 5) is 0. The number of unbranched alkanes of at least 4 members (excludes halogenated alkanes) is 1. The summed E-state index contributed by atoms with van der Waals surface area (Å²) >= 11 is 0. The number of hydrogen-bond donors (Lipinski definition) is 0. The summed E-state index contributed by atoms with van der Waals surface area (Å²) in [5.41, 5.74) is 2.12. The minimum absolute atomic E-state index is 0.304. The lowest BCUT2D eigenvalue weighted by Gasteiger charge is -2.56. The van der Waals surface area contributed by atoms with Crippen molar-refractivity contribution in [2.45, 2.75) is 97.3 Å². The Morgan fingerprint density at radius 2 is 1.55 bits per heavy atom. The van der Waals surface area contributed by atoms with E-state index >= 15 is 0 Å². The molecule has 1 aromatic carbocycles. The Kier molecular flexibility index (Phi) is 6.58. The molecule has 0 atom stereocenters. The first-order valence-electron chi connectivity index (χ1n) is 12.4. The molecule has 29 heavy (non-hydrogen) atoms. The second-order valence-corrected chi connectivity index (χ2v) is 10.2. The molecule has 0 aliphatic heterocycles. The lowest BCUT2D eigenvalue weighted by Crippen LogP contribution is -2.45. The zero-order valence-corrected chi connectivity index (χ0v) is 18.8. The lowest BCUT2D eigenvalue weighted by molar-refractivity contribution is -0.0379. The van der Waals surface area contributed by atoms with E-state index in [1.54, 1.807) is 0 Å². The van der Waals surface area contributed by atoms with Crippen LogP contribution >= 0.6 is 0 Å². The zero-order valence-electron chi connectivity index (χ0n) is 18.8. The lowest BCUT2D eigenvalue weighted by atomic mass is 9.48. The Balaban J connectivity index is 1.33. The van der Waals surface area contributed by atoms with Crippen LogP contribution in [0.2, 0.25) is 0 Å². The van der Waals surface area contributed by atoms with E-state index in [9.17, 15) is 0 Å². The fraction of sp³-hybridized carbons (Fsp3) is 0.714. The fourth-order valence-corrected chi connectivity index (χ4v) is 6.58. The Labute approximate surface area is 179 Å². The zero-order chi connectivity index (χ0) is 20.2. The number of hydrogen-bond acceptors (Lipinski definition) is 1. The maximum absolute atomic E-state index is 5.55. The van der Waals surface area contributed by atoms with Gasteiger partial charge in [0.2, 0.25) is 0 Å². The van der Waals surface area contributed by atoms with Gasteiger partial charge in [0, 0.05) is 11.0 Å². The highest BCUT2D eigenvalue weighted by atomic mass is 16.5. The van der Waals surface area contributed by atoms with E-state index in [0.717, 1.165) is 29.8 Å². The van der Waals surface area contributed by atoms with E-state index in [4.69, 9.17) is 4.74 Å². The number of benzene rings is 1. The SMILES string of the molecule is CCCCC1CCC(C23CCC(C#Cc4ccc(OCC)cc4)(CC2)CC3)CC1. The largest absolute Gasteiger partial charge is 0.494 e. The van der Waals surface area contributed by atoms with Crippen LogP contribution in [-0.2, 0) is 0 Å². The molecule has 5 rings (SSSR count). The Hall–Kier alpha value is -1.42. The van der Waals surface area contributed by atoms with Crippen molar-refractivity contribution in [1.29, 1.82) is 0 Å². The molecule has 158 valence electrons. The molecule has 2 bridgehead atoms. The Morgan fingerprint density at radius 1 is 0.897 bits per heavy atom. The molecular weight excluding hydrogens is 352 g/mol. The second-order valence-electron chi connectivity index (χ2n) is 10.2. The van der Waals surface area contributed by atoms with E-state index in [2.05, 4.69) is 43.0 Å². The minimum Gasteiger partial charge on any atom is -0.494 e. The second kappa shape index (κ2) is 9.16. The van der Waals surface area contributed by atoms with Gasteiger partial charge in [0.1, 0.15) is 5.75 Å². The molecule has 0 amide bonds. The summed E-state index contributed by atoms with van der Waals surface area (Å²) in [7, 11) is 0. The molecular formula is C28H40O. The van der Waals surface area contributed by atoms with Crippen LogP contribution in [-0.4, -0.2) is 6.61 Å². The molecule has 1 heteroatoms. The molecule has 0 unspecified atom stereocenters. The van der Waals surface area contributed by atoms with Crippen LogP contribution in [0.4, 0.5) is 0 Å². The molecule has 0 spiro atoms. The van der Waals surface area contributed by atoms with Gasteiger partial charge in [-0.15, -0.1) is 0 Å². The Morgan fingerprint density at radius 3 is 2.14 bits per heavy atom. The van der Waals surface area contributed by atoms with Crippen molar-refractivity contribution in [2.75, 3.05) is 6.61 Å². The molecule has 4 fully saturated rings. The van der Waals surface area contributed by atoms with Crippen LogP contribution in [0.5, 0.6) is 5.75 Å². The van der Waals surface area contributed by atoms with E-state index in [1.807, 2.05) is 6.92 Å². The highest BCUT2D eigenvalue weighted by Gasteiger charge is 2.51. The van der Waals surface area contributed by atoms with Crippen molar-refractivity contribution in [3.63, 3.8) is 0 Å². The highest BCUT2D eigenvalue weighted by molar-refractivity contribution is 5.39. The highest BCUT2D eigenvalue weighted by Crippen LogP contribution is 2.62. The van der Waals surface area contributed by atoms with E-state index in [0.29, 0.717) is 10.8 Å². The molecule has 0 radical (unpaired) electrons. The van der Waals surface area contributed by atoms with Crippen molar-refractivity contribution in [3.8, 4) is 17.6 Å². The van der Waals surface area contributed by atoms with Crippen LogP contribution in [0.25, 0.3) is 0 Å². The molecule has 4 aliphatic rings. The average Bonchev–Trinajstić information content (AvgIpc) is 2.79. The van der Waals surface area contributed by atoms with Gasteiger partial charge in [-0.25, -0.2) is 0 Å². The van der Waals surface area contributed by atoms with Crippen LogP contribution in [0.15, 0.2) is 24.3 Å². The van der Waals surface area contributed by atoms with Crippen LogP contribution < -0.4 is 4.74 Å². The summed E-state index contributed by atoms with van der Waals surface area (Å²) in [6.07, 6.45) is 18.7. The van der Waals surface area contributed by atoms with Crippen molar-refractivity contribution >= 4 is 0 Å². The smallest absolute Gasteiger partial charge is 0.119 e. The summed E-state index contributed by atoms with van der Waals surface area (Å²) < 4.78 is 5.55. The van der Waals surface area contributed by atoms with Crippen LogP contribution in [0.1, 0.15) is 103 Å². The molecule has 4 aliphatic carbocycles. The first-order chi connectivity index (χ1) is 14.2. The van der Waals surface area contributed by atoms with Crippen LogP contribution in [0, 0.1) is 34.5 Å². The monoisotopic (exact) mass is 392 g/mol. The Bertz CT molecular complexity index is 686. The van der Waals surface area contributed by atoms with Gasteiger partial charge >= 0.3 is 0 Å². The van der Waals surface area contributed by atoms with Crippen molar-refractivity contribution < 1.29 is 4.74 Å². The van der Waals surface area contributed by atoms with Gasteiger partial charge in [-0.1, -0.05) is 50.9 Å². The normalized spacial score (nSPS) is 33.7. The number of rotatable bonds is 6. The third-order valence-electron chi connectivity index (χ3n) is 8.62. The minimum atomic E-state index is 0.304. The molecule has 4 saturated carbocycles. The standard InChI is InChI=1S/C28H40O/c1-3-5-6-23-7-11-25(12-8-23)28-20-17-27(18-21-28,19-22-28)16-15-24-9-13-26(14-10-24)29-4-2/h9-10,13-14,23,25H,3-8,11-12,17-22H2,1-2H3. The van der Waals surface area contributed by atoms with Crippen LogP contribution in [0.3, 0.4) is 0 Å². The number of ether oxygens (including phenoxy) is 1. The third-order valence-corrected chi connectivity index (χ3v) is 8.62. The molecule has 0 heterocycles. The van der Waals surface area contributed by atoms with E-state index < -0.39 is 0 Å². The maximum Gasteiger partial charge on any atom is 0.119 e. The predicted molar refractivity (Wildman–Crippen MR) is 122 cm³/mol. The molecule has 0 N–H and O–H groups in total. The van der Waals surface area contributed by atoms with Gasteiger partial charge < -0.3 is 4.74 Å². The van der Waals surface area contributed by atoms with E-state index in [-0.39, 0.29) is 0 Å². The van der Waals surface area contributed by atoms with Gasteiger partial charge in [0.15, 0.2) is 0 Å². The van der Waals surface area contributed by atoms with E-state index in [1.165, 1.54) is 83.5 Å². The van der Waals surface area contributed by atoms with Gasteiger partial charge in [0.25, 0.3) is 0 Å². The summed E-state index contributed by atoms with van der Waals surface area (Å²) in [6.45, 7) is 5.08. The summed E-state index contributed by atoms with van der Waals surface area (Å²) in [6, 6.07) is 8.33. The first-order valence-corrected chi connectivity index (χ1v) is 12.4. The molecule has 1 aromatic rings. The quantitative estimate of drug-likeness (QED) is 0.449. The molecule has 0 saturated heterocycles. The summed E-state index contributed by atoms with van der Waals surface area (Å²) in [5.74, 6) is 10.3. The van der Waals surface area contributed by atoms with Gasteiger partial charge in [-0.05, 0) is 99.8 Å². The van der Waals surface area contributed by atoms with Gasteiger partial charge in [0.05, 0.1) is 6.61 Å².